The van der Waals surface area contributed by atoms with Gasteiger partial charge in [-0.1, -0.05) is 12.8 Å². The predicted molar refractivity (Wildman–Crippen MR) is 99.8 cm³/mol. The van der Waals surface area contributed by atoms with Crippen molar-refractivity contribution in [3.63, 3.8) is 0 Å². The number of benzene rings is 1. The standard InChI is InChI=1S/C19H26N2O4S/c1-13(11-19(23)20-16-5-3-4-6-16)26(24,25)17-7-8-18-15(12-17)9-10-21(18)14(2)22/h7-8,12-13,16H,3-6,9-11H2,1-2H3,(H,20,23). The van der Waals surface area contributed by atoms with Crippen LogP contribution in [0.3, 0.4) is 0 Å². The highest BCUT2D eigenvalue weighted by atomic mass is 32.2. The lowest BCUT2D eigenvalue weighted by atomic mass is 10.2. The maximum Gasteiger partial charge on any atom is 0.223 e. The third-order valence-corrected chi connectivity index (χ3v) is 7.52. The Morgan fingerprint density at radius 1 is 1.27 bits per heavy atom. The Bertz CT molecular complexity index is 813. The van der Waals surface area contributed by atoms with Crippen molar-refractivity contribution in [3.05, 3.63) is 23.8 Å². The molecule has 1 N–H and O–H groups in total. The number of hydrogen-bond donors (Lipinski definition) is 1. The van der Waals surface area contributed by atoms with Gasteiger partial charge in [-0.25, -0.2) is 8.42 Å². The average Bonchev–Trinajstić information content (AvgIpc) is 3.22. The molecule has 26 heavy (non-hydrogen) atoms. The molecule has 0 spiro atoms. The molecule has 1 aliphatic carbocycles. The minimum absolute atomic E-state index is 0.0323. The normalized spacial score (nSPS) is 18.6. The van der Waals surface area contributed by atoms with Gasteiger partial charge in [-0.2, -0.15) is 0 Å². The molecule has 0 bridgehead atoms. The molecule has 1 fully saturated rings. The Morgan fingerprint density at radius 2 is 1.96 bits per heavy atom. The SMILES string of the molecule is CC(=O)N1CCc2cc(S(=O)(=O)C(C)CC(=O)NC3CCCC3)ccc21. The fourth-order valence-corrected chi connectivity index (χ4v) is 5.24. The van der Waals surface area contributed by atoms with Gasteiger partial charge in [0.25, 0.3) is 0 Å². The molecule has 6 nitrogen and oxygen atoms in total. The Balaban J connectivity index is 1.71. The van der Waals surface area contributed by atoms with Gasteiger partial charge in [-0.05, 0) is 49.9 Å². The first-order valence-corrected chi connectivity index (χ1v) is 10.8. The van der Waals surface area contributed by atoms with Gasteiger partial charge in [0.15, 0.2) is 9.84 Å². The van der Waals surface area contributed by atoms with E-state index in [0.717, 1.165) is 36.9 Å². The van der Waals surface area contributed by atoms with Crippen molar-refractivity contribution in [1.29, 1.82) is 0 Å². The molecule has 2 amide bonds. The predicted octanol–water partition coefficient (Wildman–Crippen LogP) is 2.21. The van der Waals surface area contributed by atoms with Crippen LogP contribution < -0.4 is 10.2 Å². The van der Waals surface area contributed by atoms with Crippen LogP contribution in [0.2, 0.25) is 0 Å². The van der Waals surface area contributed by atoms with E-state index >= 15 is 0 Å². The van der Waals surface area contributed by atoms with Crippen LogP contribution in [0.1, 0.15) is 51.5 Å². The molecule has 1 aliphatic heterocycles. The molecule has 142 valence electrons. The summed E-state index contributed by atoms with van der Waals surface area (Å²) in [6, 6.07) is 5.08. The van der Waals surface area contributed by atoms with E-state index in [4.69, 9.17) is 0 Å². The summed E-state index contributed by atoms with van der Waals surface area (Å²) in [4.78, 5) is 25.7. The molecule has 0 radical (unpaired) electrons. The van der Waals surface area contributed by atoms with E-state index in [2.05, 4.69) is 5.32 Å². The molecule has 7 heteroatoms. The van der Waals surface area contributed by atoms with Gasteiger partial charge in [0.1, 0.15) is 0 Å². The van der Waals surface area contributed by atoms with Gasteiger partial charge in [0.2, 0.25) is 11.8 Å². The van der Waals surface area contributed by atoms with Crippen LogP contribution in [0.15, 0.2) is 23.1 Å². The zero-order chi connectivity index (χ0) is 18.9. The van der Waals surface area contributed by atoms with Crippen molar-refractivity contribution in [2.45, 2.75) is 68.6 Å². The average molecular weight is 378 g/mol. The fourth-order valence-electron chi connectivity index (χ4n) is 3.84. The number of sulfone groups is 1. The Hall–Kier alpha value is -1.89. The van der Waals surface area contributed by atoms with Gasteiger partial charge >= 0.3 is 0 Å². The van der Waals surface area contributed by atoms with Gasteiger partial charge in [0.05, 0.1) is 10.1 Å². The molecular weight excluding hydrogens is 352 g/mol. The number of carbonyl (C=O) groups excluding carboxylic acids is 2. The van der Waals surface area contributed by atoms with Gasteiger partial charge in [-0.3, -0.25) is 9.59 Å². The van der Waals surface area contributed by atoms with E-state index in [-0.39, 0.29) is 29.2 Å². The molecule has 1 atom stereocenters. The topological polar surface area (TPSA) is 83.6 Å². The van der Waals surface area contributed by atoms with E-state index in [1.807, 2.05) is 0 Å². The first kappa shape index (κ1) is 18.9. The first-order chi connectivity index (χ1) is 12.3. The second kappa shape index (κ2) is 7.39. The summed E-state index contributed by atoms with van der Waals surface area (Å²) in [6.45, 7) is 3.66. The third-order valence-electron chi connectivity index (χ3n) is 5.38. The molecule has 1 aromatic carbocycles. The number of fused-ring (bicyclic) bond motifs is 1. The maximum absolute atomic E-state index is 12.9. The van der Waals surface area contributed by atoms with Crippen LogP contribution in [0.25, 0.3) is 0 Å². The highest BCUT2D eigenvalue weighted by molar-refractivity contribution is 7.92. The van der Waals surface area contributed by atoms with Crippen LogP contribution in [0.5, 0.6) is 0 Å². The maximum atomic E-state index is 12.9. The lowest BCUT2D eigenvalue weighted by Gasteiger charge is -2.17. The van der Waals surface area contributed by atoms with Gasteiger partial charge in [-0.15, -0.1) is 0 Å². The van der Waals surface area contributed by atoms with Crippen LogP contribution in [-0.4, -0.2) is 38.1 Å². The van der Waals surface area contributed by atoms with Crippen LogP contribution >= 0.6 is 0 Å². The summed E-state index contributed by atoms with van der Waals surface area (Å²) in [5, 5.41) is 2.16. The van der Waals surface area contributed by atoms with Crippen molar-refractivity contribution in [2.24, 2.45) is 0 Å². The molecule has 1 unspecified atom stereocenters. The Labute approximate surface area is 154 Å². The van der Waals surface area contributed by atoms with E-state index in [1.54, 1.807) is 30.0 Å². The van der Waals surface area contributed by atoms with E-state index in [1.165, 1.54) is 6.92 Å². The van der Waals surface area contributed by atoms with Crippen LogP contribution in [0, 0.1) is 0 Å². The molecule has 2 aliphatic rings. The van der Waals surface area contributed by atoms with Crippen molar-refractivity contribution in [3.8, 4) is 0 Å². The monoisotopic (exact) mass is 378 g/mol. The van der Waals surface area contributed by atoms with Crippen molar-refractivity contribution in [2.75, 3.05) is 11.4 Å². The smallest absolute Gasteiger partial charge is 0.223 e. The number of nitrogens with one attached hydrogen (secondary N) is 1. The van der Waals surface area contributed by atoms with Crippen molar-refractivity contribution in [1.82, 2.24) is 5.32 Å². The minimum atomic E-state index is -3.59. The number of hydrogen-bond acceptors (Lipinski definition) is 4. The van der Waals surface area contributed by atoms with E-state index < -0.39 is 15.1 Å². The summed E-state index contributed by atoms with van der Waals surface area (Å²) in [6.07, 6.45) is 4.80. The van der Waals surface area contributed by atoms with Gasteiger partial charge in [0, 0.05) is 31.6 Å². The number of anilines is 1. The lowest BCUT2D eigenvalue weighted by molar-refractivity contribution is -0.121. The zero-order valence-corrected chi connectivity index (χ0v) is 16.1. The number of amides is 2. The zero-order valence-electron chi connectivity index (χ0n) is 15.3. The number of rotatable bonds is 5. The molecule has 1 aromatic rings. The summed E-state index contributed by atoms with van der Waals surface area (Å²) in [5.41, 5.74) is 1.65. The first-order valence-electron chi connectivity index (χ1n) is 9.23. The van der Waals surface area contributed by atoms with Crippen molar-refractivity contribution >= 4 is 27.3 Å². The molecule has 1 heterocycles. The number of nitrogens with zero attached hydrogens (tertiary/aromatic N) is 1. The molecular formula is C19H26N2O4S. The van der Waals surface area contributed by atoms with Crippen LogP contribution in [-0.2, 0) is 25.8 Å². The largest absolute Gasteiger partial charge is 0.353 e. The van der Waals surface area contributed by atoms with E-state index in [9.17, 15) is 18.0 Å². The number of carbonyl (C=O) groups is 2. The van der Waals surface area contributed by atoms with Gasteiger partial charge < -0.3 is 10.2 Å². The second-order valence-corrected chi connectivity index (χ2v) is 9.69. The second-order valence-electron chi connectivity index (χ2n) is 7.32. The quantitative estimate of drug-likeness (QED) is 0.851. The minimum Gasteiger partial charge on any atom is -0.353 e. The summed E-state index contributed by atoms with van der Waals surface area (Å²) < 4.78 is 25.7. The van der Waals surface area contributed by atoms with Crippen molar-refractivity contribution < 1.29 is 18.0 Å². The van der Waals surface area contributed by atoms with E-state index in [0.29, 0.717) is 13.0 Å². The molecule has 3 rings (SSSR count). The third kappa shape index (κ3) is 3.77. The molecule has 1 saturated carbocycles. The molecule has 0 saturated heterocycles. The lowest BCUT2D eigenvalue weighted by Crippen LogP contribution is -2.35. The van der Waals surface area contributed by atoms with Crippen LogP contribution in [0.4, 0.5) is 5.69 Å². The Morgan fingerprint density at radius 3 is 2.62 bits per heavy atom. The highest BCUT2D eigenvalue weighted by Crippen LogP contribution is 2.31. The summed E-state index contributed by atoms with van der Waals surface area (Å²) in [5.74, 6) is -0.242. The Kier molecular flexibility index (Phi) is 5.37. The highest BCUT2D eigenvalue weighted by Gasteiger charge is 2.29. The fraction of sp³-hybridized carbons (Fsp3) is 0.579. The summed E-state index contributed by atoms with van der Waals surface area (Å²) in [7, 11) is -3.59. The summed E-state index contributed by atoms with van der Waals surface area (Å²) >= 11 is 0. The molecule has 0 aromatic heterocycles.